The number of aliphatic hydroxyl groups excluding tert-OH is 1. The minimum atomic E-state index is -0.480. The number of hydrogen-bond acceptors (Lipinski definition) is 3. The molecule has 0 aliphatic heterocycles. The Balaban J connectivity index is 0.00000324. The van der Waals surface area contributed by atoms with E-state index in [1.807, 2.05) is 38.1 Å². The van der Waals surface area contributed by atoms with Gasteiger partial charge in [-0.25, -0.2) is 0 Å². The number of hydrogen-bond donors (Lipinski definition) is 3. The number of carbonyl (C=O) groups is 1. The van der Waals surface area contributed by atoms with Gasteiger partial charge in [0.2, 0.25) is 5.91 Å². The Morgan fingerprint density at radius 3 is 2.42 bits per heavy atom. The highest BCUT2D eigenvalue weighted by Crippen LogP contribution is 2.12. The van der Waals surface area contributed by atoms with E-state index in [-0.39, 0.29) is 30.8 Å². The van der Waals surface area contributed by atoms with Crippen LogP contribution in [0.4, 0.5) is 5.69 Å². The van der Waals surface area contributed by atoms with Crippen LogP contribution in [0.25, 0.3) is 0 Å². The average Bonchev–Trinajstić information content (AvgIpc) is 2.39. The molecule has 1 rings (SSSR count). The number of amides is 1. The van der Waals surface area contributed by atoms with Gasteiger partial charge in [-0.2, -0.15) is 0 Å². The molecule has 4 N–H and O–H groups in total. The first-order valence-electron chi connectivity index (χ1n) is 6.34. The molecule has 2 atom stereocenters. The third-order valence-corrected chi connectivity index (χ3v) is 3.18. The van der Waals surface area contributed by atoms with E-state index in [4.69, 9.17) is 10.8 Å². The van der Waals surface area contributed by atoms with Crippen molar-refractivity contribution in [1.29, 1.82) is 0 Å². The highest BCUT2D eigenvalue weighted by atomic mass is 35.5. The summed E-state index contributed by atoms with van der Waals surface area (Å²) in [6.07, 6.45) is 1.50. The highest BCUT2D eigenvalue weighted by Gasteiger charge is 2.19. The second kappa shape index (κ2) is 8.91. The highest BCUT2D eigenvalue weighted by molar-refractivity contribution is 5.94. The zero-order chi connectivity index (χ0) is 13.5. The lowest BCUT2D eigenvalue weighted by molar-refractivity contribution is -0.118. The normalized spacial score (nSPS) is 13.3. The van der Waals surface area contributed by atoms with Crippen molar-refractivity contribution in [1.82, 2.24) is 0 Å². The van der Waals surface area contributed by atoms with Gasteiger partial charge in [-0.05, 0) is 30.0 Å². The number of aliphatic hydroxyl groups is 1. The molecule has 4 nitrogen and oxygen atoms in total. The van der Waals surface area contributed by atoms with Crippen molar-refractivity contribution in [2.45, 2.75) is 32.7 Å². The van der Waals surface area contributed by atoms with Crippen molar-refractivity contribution >= 4 is 24.0 Å². The molecular formula is C14H23ClN2O2. The number of rotatable bonds is 6. The molecular weight excluding hydrogens is 264 g/mol. The zero-order valence-electron chi connectivity index (χ0n) is 11.4. The van der Waals surface area contributed by atoms with Gasteiger partial charge < -0.3 is 16.2 Å². The first-order valence-corrected chi connectivity index (χ1v) is 6.34. The van der Waals surface area contributed by atoms with Gasteiger partial charge in [0.05, 0.1) is 6.04 Å². The Bertz CT molecular complexity index is 382. The Labute approximate surface area is 120 Å². The molecule has 0 fully saturated rings. The van der Waals surface area contributed by atoms with E-state index >= 15 is 0 Å². The van der Waals surface area contributed by atoms with Crippen molar-refractivity contribution in [3.63, 3.8) is 0 Å². The standard InChI is InChI=1S/C14H22N2O2.ClH/c1-3-10(2)13(15)14(18)16-12-6-4-11(5-7-12)8-9-17;/h4-7,10,13,17H,3,8-9,15H2,1-2H3,(H,16,18);1H. The molecule has 19 heavy (non-hydrogen) atoms. The second-order valence-electron chi connectivity index (χ2n) is 4.57. The molecule has 0 radical (unpaired) electrons. The largest absolute Gasteiger partial charge is 0.396 e. The molecule has 2 unspecified atom stereocenters. The van der Waals surface area contributed by atoms with Gasteiger partial charge in [-0.3, -0.25) is 4.79 Å². The molecule has 0 saturated heterocycles. The van der Waals surface area contributed by atoms with Gasteiger partial charge in [0, 0.05) is 12.3 Å². The third kappa shape index (κ3) is 5.59. The number of halogens is 1. The summed E-state index contributed by atoms with van der Waals surface area (Å²) in [6, 6.07) is 6.95. The fourth-order valence-electron chi connectivity index (χ4n) is 1.62. The second-order valence-corrected chi connectivity index (χ2v) is 4.57. The predicted octanol–water partition coefficient (Wildman–Crippen LogP) is 1.96. The van der Waals surface area contributed by atoms with E-state index in [2.05, 4.69) is 5.32 Å². The lowest BCUT2D eigenvalue weighted by Gasteiger charge is -2.17. The molecule has 1 amide bonds. The smallest absolute Gasteiger partial charge is 0.241 e. The van der Waals surface area contributed by atoms with Gasteiger partial charge in [0.15, 0.2) is 0 Å². The average molecular weight is 287 g/mol. The number of anilines is 1. The van der Waals surface area contributed by atoms with Gasteiger partial charge in [-0.15, -0.1) is 12.4 Å². The van der Waals surface area contributed by atoms with Gasteiger partial charge in [-0.1, -0.05) is 32.4 Å². The third-order valence-electron chi connectivity index (χ3n) is 3.18. The summed E-state index contributed by atoms with van der Waals surface area (Å²) in [6.45, 7) is 4.11. The Morgan fingerprint density at radius 2 is 1.95 bits per heavy atom. The molecule has 0 spiro atoms. The number of carbonyl (C=O) groups excluding carboxylic acids is 1. The SMILES string of the molecule is CCC(C)C(N)C(=O)Nc1ccc(CCO)cc1.Cl. The van der Waals surface area contributed by atoms with Crippen molar-refractivity contribution in [3.05, 3.63) is 29.8 Å². The number of benzene rings is 1. The van der Waals surface area contributed by atoms with E-state index in [1.165, 1.54) is 0 Å². The van der Waals surface area contributed by atoms with Gasteiger partial charge in [0.1, 0.15) is 0 Å². The molecule has 1 aromatic carbocycles. The summed E-state index contributed by atoms with van der Waals surface area (Å²) in [5.41, 5.74) is 7.63. The minimum Gasteiger partial charge on any atom is -0.396 e. The molecule has 0 saturated carbocycles. The Morgan fingerprint density at radius 1 is 1.37 bits per heavy atom. The molecule has 5 heteroatoms. The molecule has 0 aromatic heterocycles. The Hall–Kier alpha value is -1.10. The fraction of sp³-hybridized carbons (Fsp3) is 0.500. The van der Waals surface area contributed by atoms with Gasteiger partial charge >= 0.3 is 0 Å². The van der Waals surface area contributed by atoms with E-state index in [1.54, 1.807) is 0 Å². The molecule has 0 aliphatic rings. The summed E-state index contributed by atoms with van der Waals surface area (Å²) in [7, 11) is 0. The van der Waals surface area contributed by atoms with Crippen molar-refractivity contribution in [3.8, 4) is 0 Å². The monoisotopic (exact) mass is 286 g/mol. The molecule has 0 bridgehead atoms. The summed E-state index contributed by atoms with van der Waals surface area (Å²) in [5, 5.41) is 11.6. The summed E-state index contributed by atoms with van der Waals surface area (Å²) < 4.78 is 0. The Kier molecular flexibility index (Phi) is 8.39. The topological polar surface area (TPSA) is 75.4 Å². The maximum absolute atomic E-state index is 11.8. The molecule has 0 heterocycles. The first-order chi connectivity index (χ1) is 8.58. The summed E-state index contributed by atoms with van der Waals surface area (Å²) >= 11 is 0. The maximum atomic E-state index is 11.8. The van der Waals surface area contributed by atoms with Crippen LogP contribution in [-0.4, -0.2) is 23.7 Å². The van der Waals surface area contributed by atoms with Crippen LogP contribution < -0.4 is 11.1 Å². The van der Waals surface area contributed by atoms with Crippen LogP contribution >= 0.6 is 12.4 Å². The van der Waals surface area contributed by atoms with Crippen LogP contribution in [0.1, 0.15) is 25.8 Å². The van der Waals surface area contributed by atoms with Crippen molar-refractivity contribution in [2.24, 2.45) is 11.7 Å². The van der Waals surface area contributed by atoms with Crippen LogP contribution in [0.3, 0.4) is 0 Å². The predicted molar refractivity (Wildman–Crippen MR) is 80.5 cm³/mol. The van der Waals surface area contributed by atoms with Crippen LogP contribution in [0.5, 0.6) is 0 Å². The maximum Gasteiger partial charge on any atom is 0.241 e. The number of nitrogens with two attached hydrogens (primary N) is 1. The van der Waals surface area contributed by atoms with Crippen molar-refractivity contribution in [2.75, 3.05) is 11.9 Å². The lowest BCUT2D eigenvalue weighted by atomic mass is 9.99. The number of nitrogens with one attached hydrogen (secondary N) is 1. The van der Waals surface area contributed by atoms with E-state index in [9.17, 15) is 4.79 Å². The van der Waals surface area contributed by atoms with Crippen LogP contribution in [0, 0.1) is 5.92 Å². The quantitative estimate of drug-likeness (QED) is 0.748. The molecule has 1 aromatic rings. The zero-order valence-corrected chi connectivity index (χ0v) is 12.2. The van der Waals surface area contributed by atoms with Crippen LogP contribution in [0.15, 0.2) is 24.3 Å². The van der Waals surface area contributed by atoms with E-state index < -0.39 is 6.04 Å². The van der Waals surface area contributed by atoms with Crippen molar-refractivity contribution < 1.29 is 9.90 Å². The molecule has 0 aliphatic carbocycles. The minimum absolute atomic E-state index is 0. The first kappa shape index (κ1) is 17.9. The summed E-state index contributed by atoms with van der Waals surface area (Å²) in [5.74, 6) is 0.0120. The molecule has 108 valence electrons. The summed E-state index contributed by atoms with van der Waals surface area (Å²) in [4.78, 5) is 11.8. The lowest BCUT2D eigenvalue weighted by Crippen LogP contribution is -2.40. The van der Waals surface area contributed by atoms with E-state index in [0.717, 1.165) is 17.7 Å². The van der Waals surface area contributed by atoms with Crippen LogP contribution in [0.2, 0.25) is 0 Å². The fourth-order valence-corrected chi connectivity index (χ4v) is 1.62. The van der Waals surface area contributed by atoms with E-state index in [0.29, 0.717) is 6.42 Å². The van der Waals surface area contributed by atoms with Crippen LogP contribution in [-0.2, 0) is 11.2 Å². The van der Waals surface area contributed by atoms with Gasteiger partial charge in [0.25, 0.3) is 0 Å².